The zero-order valence-electron chi connectivity index (χ0n) is 21.4. The van der Waals surface area contributed by atoms with E-state index in [1.54, 1.807) is 30.8 Å². The Labute approximate surface area is 211 Å². The number of hydrogen-bond acceptors (Lipinski definition) is 7. The van der Waals surface area contributed by atoms with E-state index >= 15 is 0 Å². The molecule has 1 aliphatic rings. The zero-order chi connectivity index (χ0) is 25.9. The van der Waals surface area contributed by atoms with E-state index < -0.39 is 5.60 Å². The third-order valence-electron chi connectivity index (χ3n) is 6.25. The maximum Gasteiger partial charge on any atom is 0.222 e. The number of nitriles is 1. The fourth-order valence-electron chi connectivity index (χ4n) is 4.23. The van der Waals surface area contributed by atoms with Crippen LogP contribution in [-0.4, -0.2) is 68.9 Å². The van der Waals surface area contributed by atoms with Crippen LogP contribution in [-0.2, 0) is 4.79 Å². The Morgan fingerprint density at radius 1 is 1.22 bits per heavy atom. The number of pyridine rings is 2. The normalized spacial score (nSPS) is 14.4. The number of ether oxygens (including phenoxy) is 1. The summed E-state index contributed by atoms with van der Waals surface area (Å²) in [4.78, 5) is 21.3. The van der Waals surface area contributed by atoms with Gasteiger partial charge < -0.3 is 19.6 Å². The van der Waals surface area contributed by atoms with Gasteiger partial charge in [-0.2, -0.15) is 10.4 Å². The molecule has 1 N–H and O–H groups in total. The number of anilines is 1. The summed E-state index contributed by atoms with van der Waals surface area (Å²) in [5, 5.41) is 23.9. The van der Waals surface area contributed by atoms with Gasteiger partial charge in [-0.3, -0.25) is 4.79 Å². The van der Waals surface area contributed by atoms with Crippen molar-refractivity contribution in [2.75, 3.05) is 37.7 Å². The lowest BCUT2D eigenvalue weighted by atomic mass is 10.1. The van der Waals surface area contributed by atoms with E-state index in [4.69, 9.17) is 9.72 Å². The highest BCUT2D eigenvalue weighted by molar-refractivity contribution is 5.85. The molecule has 36 heavy (non-hydrogen) atoms. The van der Waals surface area contributed by atoms with Crippen LogP contribution < -0.4 is 9.64 Å². The Morgan fingerprint density at radius 3 is 2.58 bits per heavy atom. The maximum absolute atomic E-state index is 12.5. The van der Waals surface area contributed by atoms with Crippen molar-refractivity contribution in [2.45, 2.75) is 46.1 Å². The van der Waals surface area contributed by atoms with Crippen LogP contribution in [0.5, 0.6) is 5.75 Å². The molecule has 1 aliphatic heterocycles. The number of piperazine rings is 1. The first-order chi connectivity index (χ1) is 17.1. The lowest BCUT2D eigenvalue weighted by molar-refractivity contribution is -0.131. The topological polar surface area (TPSA) is 107 Å². The SMILES string of the molecule is CC(C)CCC(=O)N1CCN(c2ccc(-c3cc(OCC(C)(C)O)cn4ncc(C#N)c34)cn2)CC1. The van der Waals surface area contributed by atoms with Gasteiger partial charge in [-0.15, -0.1) is 0 Å². The first-order valence-corrected chi connectivity index (χ1v) is 12.4. The van der Waals surface area contributed by atoms with Gasteiger partial charge in [0.15, 0.2) is 0 Å². The van der Waals surface area contributed by atoms with Gasteiger partial charge in [-0.1, -0.05) is 13.8 Å². The molecule has 3 aromatic heterocycles. The first kappa shape index (κ1) is 25.5. The number of carbonyl (C=O) groups excluding carboxylic acids is 1. The van der Waals surface area contributed by atoms with Crippen molar-refractivity contribution in [1.29, 1.82) is 5.26 Å². The molecule has 4 heterocycles. The van der Waals surface area contributed by atoms with Crippen molar-refractivity contribution in [3.05, 3.63) is 42.4 Å². The molecular weight excluding hydrogens is 456 g/mol. The van der Waals surface area contributed by atoms with Gasteiger partial charge in [0.25, 0.3) is 0 Å². The summed E-state index contributed by atoms with van der Waals surface area (Å²) in [7, 11) is 0. The quantitative estimate of drug-likeness (QED) is 0.515. The predicted octanol–water partition coefficient (Wildman–Crippen LogP) is 3.50. The average molecular weight is 491 g/mol. The largest absolute Gasteiger partial charge is 0.489 e. The molecular formula is C27H34N6O3. The van der Waals surface area contributed by atoms with Gasteiger partial charge in [0.05, 0.1) is 29.1 Å². The van der Waals surface area contributed by atoms with Crippen molar-refractivity contribution in [1.82, 2.24) is 19.5 Å². The van der Waals surface area contributed by atoms with Crippen LogP contribution in [0.2, 0.25) is 0 Å². The van der Waals surface area contributed by atoms with Crippen LogP contribution in [0.15, 0.2) is 36.8 Å². The van der Waals surface area contributed by atoms with Crippen LogP contribution in [0.1, 0.15) is 46.1 Å². The molecule has 1 amide bonds. The maximum atomic E-state index is 12.5. The number of nitrogens with zero attached hydrogens (tertiary/aromatic N) is 6. The molecule has 4 rings (SSSR count). The number of aromatic nitrogens is 3. The molecule has 0 aliphatic carbocycles. The van der Waals surface area contributed by atoms with Crippen molar-refractivity contribution >= 4 is 17.2 Å². The third kappa shape index (κ3) is 5.94. The molecule has 0 atom stereocenters. The summed E-state index contributed by atoms with van der Waals surface area (Å²) < 4.78 is 7.43. The molecule has 3 aromatic rings. The molecule has 0 unspecified atom stereocenters. The standard InChI is InChI=1S/C27H34N6O3/c1-19(2)5-8-25(34)32-11-9-31(10-12-32)24-7-6-20(15-29-24)23-13-22(36-18-27(3,4)35)17-33-26(23)21(14-28)16-30-33/h6-7,13,15-17,19,35H,5,8-12,18H2,1-4H3. The second-order valence-electron chi connectivity index (χ2n) is 10.4. The molecule has 0 aromatic carbocycles. The van der Waals surface area contributed by atoms with E-state index in [-0.39, 0.29) is 12.5 Å². The lowest BCUT2D eigenvalue weighted by Crippen LogP contribution is -2.49. The monoisotopic (exact) mass is 490 g/mol. The highest BCUT2D eigenvalue weighted by atomic mass is 16.5. The van der Waals surface area contributed by atoms with Gasteiger partial charge in [0.2, 0.25) is 5.91 Å². The molecule has 0 radical (unpaired) electrons. The molecule has 0 spiro atoms. The Bertz CT molecular complexity index is 1250. The van der Waals surface area contributed by atoms with Crippen LogP contribution in [0.25, 0.3) is 16.6 Å². The summed E-state index contributed by atoms with van der Waals surface area (Å²) in [5.74, 6) is 2.15. The Morgan fingerprint density at radius 2 is 1.97 bits per heavy atom. The van der Waals surface area contributed by atoms with E-state index in [1.807, 2.05) is 23.1 Å². The first-order valence-electron chi connectivity index (χ1n) is 12.4. The van der Waals surface area contributed by atoms with Crippen LogP contribution in [0, 0.1) is 17.2 Å². The second kappa shape index (κ2) is 10.5. The molecule has 1 fully saturated rings. The molecule has 190 valence electrons. The van der Waals surface area contributed by atoms with E-state index in [9.17, 15) is 15.2 Å². The van der Waals surface area contributed by atoms with E-state index in [0.29, 0.717) is 42.3 Å². The number of rotatable bonds is 8. The molecule has 0 bridgehead atoms. The second-order valence-corrected chi connectivity index (χ2v) is 10.4. The van der Waals surface area contributed by atoms with Gasteiger partial charge in [-0.25, -0.2) is 9.50 Å². The average Bonchev–Trinajstić information content (AvgIpc) is 3.28. The summed E-state index contributed by atoms with van der Waals surface area (Å²) in [6.45, 7) is 10.6. The summed E-state index contributed by atoms with van der Waals surface area (Å²) in [6, 6.07) is 8.00. The van der Waals surface area contributed by atoms with Crippen molar-refractivity contribution < 1.29 is 14.6 Å². The highest BCUT2D eigenvalue weighted by Crippen LogP contribution is 2.31. The minimum atomic E-state index is -0.983. The molecule has 9 nitrogen and oxygen atoms in total. The van der Waals surface area contributed by atoms with Crippen molar-refractivity contribution in [3.63, 3.8) is 0 Å². The smallest absolute Gasteiger partial charge is 0.222 e. The van der Waals surface area contributed by atoms with E-state index in [0.717, 1.165) is 36.5 Å². The van der Waals surface area contributed by atoms with Gasteiger partial charge in [-0.05, 0) is 44.4 Å². The van der Waals surface area contributed by atoms with Crippen LogP contribution in [0.4, 0.5) is 5.82 Å². The molecule has 1 saturated heterocycles. The fourth-order valence-corrected chi connectivity index (χ4v) is 4.23. The zero-order valence-corrected chi connectivity index (χ0v) is 21.4. The third-order valence-corrected chi connectivity index (χ3v) is 6.25. The summed E-state index contributed by atoms with van der Waals surface area (Å²) in [6.07, 6.45) is 6.55. The number of carbonyl (C=O) groups is 1. The van der Waals surface area contributed by atoms with Gasteiger partial charge in [0, 0.05) is 49.9 Å². The molecule has 9 heteroatoms. The van der Waals surface area contributed by atoms with Crippen molar-refractivity contribution in [3.8, 4) is 22.9 Å². The van der Waals surface area contributed by atoms with E-state index in [2.05, 4.69) is 29.9 Å². The number of fused-ring (bicyclic) bond motifs is 1. The predicted molar refractivity (Wildman–Crippen MR) is 138 cm³/mol. The Kier molecular flexibility index (Phi) is 7.45. The van der Waals surface area contributed by atoms with Gasteiger partial charge >= 0.3 is 0 Å². The van der Waals surface area contributed by atoms with Crippen molar-refractivity contribution in [2.24, 2.45) is 5.92 Å². The summed E-state index contributed by atoms with van der Waals surface area (Å²) >= 11 is 0. The van der Waals surface area contributed by atoms with Gasteiger partial charge in [0.1, 0.15) is 24.2 Å². The Balaban J connectivity index is 1.52. The minimum Gasteiger partial charge on any atom is -0.489 e. The number of hydrogen-bond donors (Lipinski definition) is 1. The fraction of sp³-hybridized carbons (Fsp3) is 0.481. The summed E-state index contributed by atoms with van der Waals surface area (Å²) in [5.41, 5.74) is 1.76. The Hall–Kier alpha value is -3.64. The molecule has 0 saturated carbocycles. The van der Waals surface area contributed by atoms with E-state index in [1.165, 1.54) is 6.20 Å². The lowest BCUT2D eigenvalue weighted by Gasteiger charge is -2.35. The highest BCUT2D eigenvalue weighted by Gasteiger charge is 2.22. The number of aliphatic hydroxyl groups is 1. The minimum absolute atomic E-state index is 0.119. The van der Waals surface area contributed by atoms with Crippen LogP contribution >= 0.6 is 0 Å². The van der Waals surface area contributed by atoms with Crippen LogP contribution in [0.3, 0.4) is 0 Å². The number of amides is 1.